The Balaban J connectivity index is 1.32. The number of alkyl halides is 1. The zero-order valence-electron chi connectivity index (χ0n) is 36.7. The molecular formula is C46H48ClF3N8O6S. The zero-order valence-corrected chi connectivity index (χ0v) is 38.3. The second kappa shape index (κ2) is 17.5. The first kappa shape index (κ1) is 45.7. The van der Waals surface area contributed by atoms with Crippen LogP contribution >= 0.6 is 22.9 Å². The van der Waals surface area contributed by atoms with Crippen LogP contribution in [0.15, 0.2) is 43.1 Å². The summed E-state index contributed by atoms with van der Waals surface area (Å²) in [5.41, 5.74) is -2.38. The Morgan fingerprint density at radius 3 is 2.55 bits per heavy atom. The summed E-state index contributed by atoms with van der Waals surface area (Å²) in [6.07, 6.45) is 2.66. The van der Waals surface area contributed by atoms with E-state index < -0.39 is 52.8 Å². The van der Waals surface area contributed by atoms with Crippen molar-refractivity contribution in [2.24, 2.45) is 0 Å². The normalized spacial score (nSPS) is 19.0. The van der Waals surface area contributed by atoms with Gasteiger partial charge in [0.25, 0.3) is 0 Å². The Morgan fingerprint density at radius 1 is 1.11 bits per heavy atom. The minimum Gasteiger partial charge on any atom is -0.489 e. The summed E-state index contributed by atoms with van der Waals surface area (Å²) in [5.74, 6) is -1.31. The molecule has 2 N–H and O–H groups in total. The van der Waals surface area contributed by atoms with Gasteiger partial charge in [-0.15, -0.1) is 17.9 Å². The molecule has 3 atom stereocenters. The van der Waals surface area contributed by atoms with E-state index in [9.17, 15) is 19.2 Å². The molecule has 6 heterocycles. The Bertz CT molecular complexity index is 2770. The van der Waals surface area contributed by atoms with Crippen molar-refractivity contribution < 1.29 is 41.7 Å². The lowest BCUT2D eigenvalue weighted by Crippen LogP contribution is -2.43. The molecule has 2 fully saturated rings. The first-order valence-electron chi connectivity index (χ1n) is 21.2. The number of nitrogens with one attached hydrogen (secondary N) is 2. The summed E-state index contributed by atoms with van der Waals surface area (Å²) in [4.78, 5) is 44.0. The van der Waals surface area contributed by atoms with Crippen LogP contribution in [-0.4, -0.2) is 87.8 Å². The fraction of sp³-hybridized carbons (Fsp3) is 0.435. The summed E-state index contributed by atoms with van der Waals surface area (Å²) in [5, 5.41) is 15.7. The Labute approximate surface area is 382 Å². The van der Waals surface area contributed by atoms with Gasteiger partial charge >= 0.3 is 18.2 Å². The van der Waals surface area contributed by atoms with Crippen LogP contribution in [0, 0.1) is 23.0 Å². The van der Waals surface area contributed by atoms with Crippen molar-refractivity contribution in [1.29, 1.82) is 5.26 Å². The van der Waals surface area contributed by atoms with Gasteiger partial charge < -0.3 is 23.8 Å². The van der Waals surface area contributed by atoms with Gasteiger partial charge in [-0.05, 0) is 85.0 Å². The van der Waals surface area contributed by atoms with Crippen LogP contribution in [-0.2, 0) is 9.47 Å². The van der Waals surface area contributed by atoms with E-state index in [1.807, 2.05) is 4.90 Å². The Kier molecular flexibility index (Phi) is 12.3. The number of thiophene rings is 1. The molecule has 5 aromatic rings. The molecule has 342 valence electrons. The zero-order chi connectivity index (χ0) is 46.6. The average molecular weight is 933 g/mol. The third-order valence-electron chi connectivity index (χ3n) is 11.4. The summed E-state index contributed by atoms with van der Waals surface area (Å²) in [7, 11) is 0. The van der Waals surface area contributed by atoms with Gasteiger partial charge in [-0.1, -0.05) is 29.8 Å². The maximum Gasteiger partial charge on any atom is 0.413 e. The van der Waals surface area contributed by atoms with E-state index in [1.54, 1.807) is 59.8 Å². The van der Waals surface area contributed by atoms with Crippen molar-refractivity contribution in [1.82, 2.24) is 19.9 Å². The Hall–Kier alpha value is -5.90. The molecule has 8 rings (SSSR count). The van der Waals surface area contributed by atoms with Gasteiger partial charge in [-0.2, -0.15) is 15.2 Å². The number of carbonyl (C=O) groups is 2. The lowest BCUT2D eigenvalue weighted by Gasteiger charge is -2.33. The number of hydrogen-bond acceptors (Lipinski definition) is 13. The molecule has 2 amide bonds. The monoisotopic (exact) mass is 932 g/mol. The van der Waals surface area contributed by atoms with E-state index in [-0.39, 0.29) is 110 Å². The van der Waals surface area contributed by atoms with Crippen molar-refractivity contribution >= 4 is 72.8 Å². The van der Waals surface area contributed by atoms with Gasteiger partial charge in [0.15, 0.2) is 11.6 Å². The van der Waals surface area contributed by atoms with E-state index in [2.05, 4.69) is 38.1 Å². The van der Waals surface area contributed by atoms with Crippen molar-refractivity contribution in [2.45, 2.75) is 96.2 Å². The van der Waals surface area contributed by atoms with Gasteiger partial charge in [-0.3, -0.25) is 15.5 Å². The number of amides is 2. The molecule has 3 aromatic heterocycles. The van der Waals surface area contributed by atoms with E-state index in [0.717, 1.165) is 23.8 Å². The van der Waals surface area contributed by atoms with Gasteiger partial charge in [0.05, 0.1) is 38.8 Å². The molecule has 0 unspecified atom stereocenters. The van der Waals surface area contributed by atoms with Crippen LogP contribution in [0.5, 0.6) is 11.8 Å². The number of nitrogens with zero attached hydrogens (tertiary/aromatic N) is 6. The topological polar surface area (TPSA) is 164 Å². The molecule has 0 radical (unpaired) electrons. The number of halogens is 4. The second-order valence-electron chi connectivity index (χ2n) is 18.2. The van der Waals surface area contributed by atoms with E-state index in [4.69, 9.17) is 35.5 Å². The van der Waals surface area contributed by atoms with E-state index in [0.29, 0.717) is 18.5 Å². The van der Waals surface area contributed by atoms with Crippen LogP contribution in [0.25, 0.3) is 32.1 Å². The van der Waals surface area contributed by atoms with Crippen molar-refractivity contribution in [3.63, 3.8) is 0 Å². The number of fused-ring (bicyclic) bond motifs is 2. The number of nitriles is 1. The quantitative estimate of drug-likeness (QED) is 0.128. The predicted molar refractivity (Wildman–Crippen MR) is 243 cm³/mol. The largest absolute Gasteiger partial charge is 0.489 e. The number of benzene rings is 2. The number of carbonyl (C=O) groups excluding carboxylic acids is 2. The molecule has 19 heteroatoms. The maximum atomic E-state index is 18.0. The molecule has 3 aliphatic heterocycles. The van der Waals surface area contributed by atoms with Crippen LogP contribution in [0.2, 0.25) is 5.02 Å². The Morgan fingerprint density at radius 2 is 1.85 bits per heavy atom. The first-order chi connectivity index (χ1) is 30.8. The van der Waals surface area contributed by atoms with Crippen molar-refractivity contribution in [3.8, 4) is 29.0 Å². The van der Waals surface area contributed by atoms with Crippen molar-refractivity contribution in [3.05, 3.63) is 70.9 Å². The number of pyridine rings is 1. The summed E-state index contributed by atoms with van der Waals surface area (Å²) >= 11 is 8.03. The highest BCUT2D eigenvalue weighted by Crippen LogP contribution is 2.52. The molecule has 2 saturated heterocycles. The highest BCUT2D eigenvalue weighted by atomic mass is 35.5. The molecule has 0 aliphatic carbocycles. The lowest BCUT2D eigenvalue weighted by molar-refractivity contribution is 0.0624. The molecule has 3 aliphatic rings. The molecule has 2 aromatic carbocycles. The minimum absolute atomic E-state index is 0.00713. The maximum absolute atomic E-state index is 18.0. The highest BCUT2D eigenvalue weighted by molar-refractivity contribution is 7.23. The number of aromatic nitrogens is 3. The van der Waals surface area contributed by atoms with Gasteiger partial charge in [0.1, 0.15) is 64.6 Å². The van der Waals surface area contributed by atoms with Crippen LogP contribution in [0.3, 0.4) is 0 Å². The summed E-state index contributed by atoms with van der Waals surface area (Å²) in [6, 6.07) is 7.11. The fourth-order valence-electron chi connectivity index (χ4n) is 8.92. The second-order valence-corrected chi connectivity index (χ2v) is 19.6. The molecule has 14 nitrogen and oxygen atoms in total. The third kappa shape index (κ3) is 8.93. The predicted octanol–water partition coefficient (Wildman–Crippen LogP) is 10.9. The highest BCUT2D eigenvalue weighted by Gasteiger charge is 2.49. The number of hydrogen-bond donors (Lipinski definition) is 2. The molecule has 0 bridgehead atoms. The third-order valence-corrected chi connectivity index (χ3v) is 12.9. The summed E-state index contributed by atoms with van der Waals surface area (Å²) < 4.78 is 72.3. The standard InChI is InChI=1S/C46H48ClF3N8O6S/c1-8-11-29(25-12-9-16-52-38(25)54-42(59)63-44(2,3)4)58-18-19-61-36-32-35(53-41(55-39(32)58)62-23-46-15-10-17-57(46)22-24(48)20-46)34(50)31(33(36)47)26-13-14-28(49)37-30(26)27(21-51)40(65-37)56-43(60)64-45(5,6)7/h8-9,12-14,16,24,29H,1,10-11,15,17-20,22-23H2,2-7H3,(H,56,60)(H,52,54,59)/t24-,29-,46+/m1/s1. The average Bonchev–Trinajstić information content (AvgIpc) is 3.83. The fourth-order valence-corrected chi connectivity index (χ4v) is 10.3. The molecule has 0 spiro atoms. The van der Waals surface area contributed by atoms with Gasteiger partial charge in [0, 0.05) is 35.7 Å². The van der Waals surface area contributed by atoms with Crippen LogP contribution in [0.4, 0.5) is 39.4 Å². The van der Waals surface area contributed by atoms with Gasteiger partial charge in [0.2, 0.25) is 0 Å². The van der Waals surface area contributed by atoms with E-state index >= 15 is 8.78 Å². The molecular weight excluding hydrogens is 885 g/mol. The summed E-state index contributed by atoms with van der Waals surface area (Å²) in [6.45, 7) is 15.4. The SMILES string of the molecule is C=CC[C@H](c1cccnc1NC(=O)OC(C)(C)C)N1CCOc2c(Cl)c(-c3ccc(F)c4sc(NC(=O)OC(C)(C)C)c(C#N)c34)c(F)c3nc(OC[C@@]45CCCN4C[C@H](F)C5)nc1c23. The smallest absolute Gasteiger partial charge is 0.413 e. The minimum atomic E-state index is -1.04. The first-order valence-corrected chi connectivity index (χ1v) is 22.4. The van der Waals surface area contributed by atoms with Crippen LogP contribution in [0.1, 0.15) is 84.4 Å². The number of anilines is 3. The molecule has 65 heavy (non-hydrogen) atoms. The van der Waals surface area contributed by atoms with Crippen LogP contribution < -0.4 is 25.0 Å². The molecule has 0 saturated carbocycles. The number of ether oxygens (including phenoxy) is 4. The van der Waals surface area contributed by atoms with Crippen molar-refractivity contribution in [2.75, 3.05) is 48.4 Å². The van der Waals surface area contributed by atoms with E-state index in [1.165, 1.54) is 12.3 Å². The number of rotatable bonds is 10. The lowest BCUT2D eigenvalue weighted by atomic mass is 9.95. The van der Waals surface area contributed by atoms with Gasteiger partial charge in [-0.25, -0.2) is 27.7 Å².